The number of rotatable bonds is 7. The molecule has 224 valence electrons. The van der Waals surface area contributed by atoms with Gasteiger partial charge in [0.1, 0.15) is 18.2 Å². The lowest BCUT2D eigenvalue weighted by atomic mass is 9.66. The number of nitrogens with one attached hydrogen (secondary N) is 1. The SMILES string of the molecule is CC1(C(=O)O)CCCCC1C(=O)N1CCc2c(Cl)ccc(OCC3=C4C=CC=C(F)C4ON3)c2[C@H]1CN1CCCC1=O. The maximum Gasteiger partial charge on any atom is 0.310 e. The van der Waals surface area contributed by atoms with Crippen LogP contribution >= 0.6 is 11.6 Å². The molecule has 4 atom stereocenters. The van der Waals surface area contributed by atoms with Gasteiger partial charge in [-0.15, -0.1) is 0 Å². The summed E-state index contributed by atoms with van der Waals surface area (Å²) in [6.07, 6.45) is 8.08. The van der Waals surface area contributed by atoms with E-state index in [0.717, 1.165) is 30.4 Å². The molecule has 42 heavy (non-hydrogen) atoms. The van der Waals surface area contributed by atoms with Gasteiger partial charge in [0.15, 0.2) is 6.10 Å². The van der Waals surface area contributed by atoms with Crippen LogP contribution in [0.15, 0.2) is 47.5 Å². The molecule has 5 aliphatic rings. The molecule has 0 spiro atoms. The molecular weight excluding hydrogens is 565 g/mol. The number of amides is 2. The summed E-state index contributed by atoms with van der Waals surface area (Å²) < 4.78 is 20.6. The van der Waals surface area contributed by atoms with Crippen molar-refractivity contribution in [3.8, 4) is 5.75 Å². The van der Waals surface area contributed by atoms with Crippen LogP contribution in [0.2, 0.25) is 5.02 Å². The molecule has 1 aromatic carbocycles. The van der Waals surface area contributed by atoms with E-state index in [1.54, 1.807) is 41.0 Å². The van der Waals surface area contributed by atoms with Crippen LogP contribution in [0.4, 0.5) is 4.39 Å². The van der Waals surface area contributed by atoms with Gasteiger partial charge in [0.2, 0.25) is 11.8 Å². The summed E-state index contributed by atoms with van der Waals surface area (Å²) in [5, 5.41) is 10.7. The van der Waals surface area contributed by atoms with Crippen molar-refractivity contribution in [2.45, 2.75) is 64.0 Å². The van der Waals surface area contributed by atoms with Crippen LogP contribution in [0.5, 0.6) is 5.75 Å². The minimum atomic E-state index is -1.16. The van der Waals surface area contributed by atoms with Gasteiger partial charge in [0.25, 0.3) is 0 Å². The van der Waals surface area contributed by atoms with E-state index in [-0.39, 0.29) is 25.0 Å². The van der Waals surface area contributed by atoms with E-state index < -0.39 is 35.3 Å². The fourth-order valence-corrected chi connectivity index (χ4v) is 7.31. The Bertz CT molecular complexity index is 1410. The molecule has 9 nitrogen and oxygen atoms in total. The zero-order valence-electron chi connectivity index (χ0n) is 23.5. The molecule has 6 rings (SSSR count). The van der Waals surface area contributed by atoms with E-state index in [0.29, 0.717) is 60.8 Å². The number of nitrogens with zero attached hydrogens (tertiary/aromatic N) is 2. The molecule has 2 fully saturated rings. The van der Waals surface area contributed by atoms with Crippen LogP contribution in [0, 0.1) is 11.3 Å². The summed E-state index contributed by atoms with van der Waals surface area (Å²) in [5.74, 6) is -1.71. The van der Waals surface area contributed by atoms with E-state index in [1.165, 1.54) is 6.08 Å². The number of allylic oxidation sites excluding steroid dienone is 2. The maximum absolute atomic E-state index is 14.3. The van der Waals surface area contributed by atoms with Gasteiger partial charge >= 0.3 is 5.97 Å². The second kappa shape index (κ2) is 11.4. The van der Waals surface area contributed by atoms with Gasteiger partial charge in [0.05, 0.1) is 23.1 Å². The van der Waals surface area contributed by atoms with Crippen LogP contribution < -0.4 is 10.2 Å². The Morgan fingerprint density at radius 3 is 2.83 bits per heavy atom. The van der Waals surface area contributed by atoms with Gasteiger partial charge in [-0.05, 0) is 56.4 Å². The van der Waals surface area contributed by atoms with E-state index in [1.807, 2.05) is 0 Å². The average Bonchev–Trinajstić information content (AvgIpc) is 3.59. The molecule has 3 aliphatic heterocycles. The van der Waals surface area contributed by atoms with Crippen molar-refractivity contribution in [1.82, 2.24) is 15.3 Å². The van der Waals surface area contributed by atoms with Crippen molar-refractivity contribution >= 4 is 29.4 Å². The van der Waals surface area contributed by atoms with E-state index in [4.69, 9.17) is 21.2 Å². The van der Waals surface area contributed by atoms with Crippen molar-refractivity contribution in [2.75, 3.05) is 26.2 Å². The summed E-state index contributed by atoms with van der Waals surface area (Å²) in [5.41, 5.74) is 4.41. The fraction of sp³-hybridized carbons (Fsp3) is 0.516. The summed E-state index contributed by atoms with van der Waals surface area (Å²) in [6, 6.07) is 2.95. The molecule has 3 unspecified atom stereocenters. The number of carbonyl (C=O) groups is 3. The van der Waals surface area contributed by atoms with Crippen LogP contribution in [0.25, 0.3) is 0 Å². The Balaban J connectivity index is 1.36. The van der Waals surface area contributed by atoms with Crippen molar-refractivity contribution in [3.05, 3.63) is 63.6 Å². The second-order valence-electron chi connectivity index (χ2n) is 11.9. The molecule has 0 aromatic heterocycles. The molecule has 2 N–H and O–H groups in total. The number of hydrogen-bond donors (Lipinski definition) is 2. The molecule has 3 heterocycles. The number of hydroxylamine groups is 1. The zero-order chi connectivity index (χ0) is 29.6. The normalized spacial score (nSPS) is 28.8. The number of carbonyl (C=O) groups excluding carboxylic acids is 2. The molecule has 2 amide bonds. The largest absolute Gasteiger partial charge is 0.487 e. The highest BCUT2D eigenvalue weighted by molar-refractivity contribution is 6.31. The highest BCUT2D eigenvalue weighted by Gasteiger charge is 2.50. The Kier molecular flexibility index (Phi) is 7.78. The Morgan fingerprint density at radius 1 is 1.24 bits per heavy atom. The number of carboxylic acid groups (broad SMARTS) is 1. The van der Waals surface area contributed by atoms with Crippen LogP contribution in [0.1, 0.15) is 62.6 Å². The number of halogens is 2. The standard InChI is InChI=1S/C31H35ClFN3O6/c1-31(30(39)40)13-3-2-7-20(31)29(38)36-15-12-18-21(32)10-11-25(27(18)24(36)16-35-14-5-9-26(35)37)41-17-23-19-6-4-8-22(33)28(19)42-34-23/h4,6,8,10-11,20,24,28,34H,2-3,5,7,9,12-17H2,1H3,(H,39,40)/t20?,24-,28?,31?/m1/s1. The molecule has 0 radical (unpaired) electrons. The van der Waals surface area contributed by atoms with E-state index in [2.05, 4.69) is 5.48 Å². The third-order valence-corrected chi connectivity index (χ3v) is 9.85. The predicted molar refractivity (Wildman–Crippen MR) is 152 cm³/mol. The van der Waals surface area contributed by atoms with Gasteiger partial charge in [-0.2, -0.15) is 0 Å². The third kappa shape index (κ3) is 4.98. The first-order chi connectivity index (χ1) is 20.2. The Hall–Kier alpha value is -3.37. The minimum absolute atomic E-state index is 0.0246. The molecule has 1 saturated carbocycles. The zero-order valence-corrected chi connectivity index (χ0v) is 24.3. The summed E-state index contributed by atoms with van der Waals surface area (Å²) in [4.78, 5) is 48.4. The number of hydrogen-bond acceptors (Lipinski definition) is 6. The summed E-state index contributed by atoms with van der Waals surface area (Å²) >= 11 is 6.71. The first kappa shape index (κ1) is 28.7. The lowest BCUT2D eigenvalue weighted by Crippen LogP contribution is -2.52. The molecule has 0 bridgehead atoms. The smallest absolute Gasteiger partial charge is 0.310 e. The number of ether oxygens (including phenoxy) is 1. The Labute approximate surface area is 248 Å². The van der Waals surface area contributed by atoms with Gasteiger partial charge in [-0.1, -0.05) is 36.6 Å². The fourth-order valence-electron chi connectivity index (χ4n) is 7.05. The van der Waals surface area contributed by atoms with E-state index in [9.17, 15) is 23.9 Å². The minimum Gasteiger partial charge on any atom is -0.487 e. The first-order valence-electron chi connectivity index (χ1n) is 14.6. The van der Waals surface area contributed by atoms with Crippen molar-refractivity contribution in [3.63, 3.8) is 0 Å². The van der Waals surface area contributed by atoms with Crippen molar-refractivity contribution < 1.29 is 33.5 Å². The lowest BCUT2D eigenvalue weighted by molar-refractivity contribution is -0.162. The van der Waals surface area contributed by atoms with Crippen molar-refractivity contribution in [2.24, 2.45) is 11.3 Å². The number of benzene rings is 1. The highest BCUT2D eigenvalue weighted by atomic mass is 35.5. The highest BCUT2D eigenvalue weighted by Crippen LogP contribution is 2.46. The van der Waals surface area contributed by atoms with Crippen LogP contribution in [-0.2, 0) is 25.6 Å². The first-order valence-corrected chi connectivity index (χ1v) is 15.0. The van der Waals surface area contributed by atoms with Crippen LogP contribution in [-0.4, -0.2) is 65.0 Å². The molecule has 1 saturated heterocycles. The van der Waals surface area contributed by atoms with Crippen LogP contribution in [0.3, 0.4) is 0 Å². The van der Waals surface area contributed by atoms with Gasteiger partial charge < -0.3 is 19.6 Å². The van der Waals surface area contributed by atoms with Gasteiger partial charge in [-0.3, -0.25) is 24.7 Å². The maximum atomic E-state index is 14.3. The second-order valence-corrected chi connectivity index (χ2v) is 12.3. The molecule has 1 aromatic rings. The lowest BCUT2D eigenvalue weighted by Gasteiger charge is -2.45. The summed E-state index contributed by atoms with van der Waals surface area (Å²) in [7, 11) is 0. The number of aliphatic carboxylic acids is 1. The average molecular weight is 600 g/mol. The van der Waals surface area contributed by atoms with Gasteiger partial charge in [0, 0.05) is 42.2 Å². The predicted octanol–water partition coefficient (Wildman–Crippen LogP) is 4.63. The van der Waals surface area contributed by atoms with Gasteiger partial charge in [-0.25, -0.2) is 4.39 Å². The summed E-state index contributed by atoms with van der Waals surface area (Å²) in [6.45, 7) is 2.94. The topological polar surface area (TPSA) is 108 Å². The Morgan fingerprint density at radius 2 is 2.07 bits per heavy atom. The number of likely N-dealkylation sites (tertiary alicyclic amines) is 1. The molecule has 2 aliphatic carbocycles. The number of carboxylic acids is 1. The van der Waals surface area contributed by atoms with E-state index >= 15 is 0 Å². The quantitative estimate of drug-likeness (QED) is 0.470. The monoisotopic (exact) mass is 599 g/mol. The van der Waals surface area contributed by atoms with Crippen molar-refractivity contribution in [1.29, 1.82) is 0 Å². The molecule has 11 heteroatoms. The third-order valence-electron chi connectivity index (χ3n) is 9.50. The molecular formula is C31H35ClFN3O6. The number of fused-ring (bicyclic) bond motifs is 2.